The van der Waals surface area contributed by atoms with Gasteiger partial charge in [0.15, 0.2) is 0 Å². The third kappa shape index (κ3) is 3.29. The van der Waals surface area contributed by atoms with Crippen LogP contribution >= 0.6 is 0 Å². The monoisotopic (exact) mass is 260 g/mol. The van der Waals surface area contributed by atoms with Crippen LogP contribution in [0.5, 0.6) is 5.75 Å². The minimum absolute atomic E-state index is 0.182. The van der Waals surface area contributed by atoms with Gasteiger partial charge in [0.1, 0.15) is 5.75 Å². The van der Waals surface area contributed by atoms with Crippen LogP contribution in [0.25, 0.3) is 0 Å². The summed E-state index contributed by atoms with van der Waals surface area (Å²) in [6, 6.07) is 6.22. The molecule has 3 heteroatoms. The number of nitrogens with one attached hydrogen (secondary N) is 1. The van der Waals surface area contributed by atoms with Crippen molar-refractivity contribution < 1.29 is 5.11 Å². The largest absolute Gasteiger partial charge is 0.508 e. The minimum atomic E-state index is 0.182. The van der Waals surface area contributed by atoms with Gasteiger partial charge in [-0.25, -0.2) is 0 Å². The van der Waals surface area contributed by atoms with E-state index in [1.54, 1.807) is 0 Å². The standard InChI is InChI=1S/C16H24N2O/c1-4-17-13(3)15-8-7-14(10-16(15)19)18-9-5-6-12(2)11-18/h6-8,10,13,17,19H,4-5,9,11H2,1-3H3. The number of benzene rings is 1. The Hall–Kier alpha value is -1.48. The van der Waals surface area contributed by atoms with E-state index in [4.69, 9.17) is 0 Å². The molecule has 1 atom stereocenters. The van der Waals surface area contributed by atoms with Gasteiger partial charge in [-0.05, 0) is 32.9 Å². The maximum atomic E-state index is 10.2. The number of phenols is 1. The van der Waals surface area contributed by atoms with E-state index in [0.717, 1.165) is 37.3 Å². The molecule has 1 aromatic carbocycles. The highest BCUT2D eigenvalue weighted by Gasteiger charge is 2.14. The molecule has 0 bridgehead atoms. The van der Waals surface area contributed by atoms with Crippen LogP contribution in [-0.4, -0.2) is 24.7 Å². The number of nitrogens with zero attached hydrogens (tertiary/aromatic N) is 1. The van der Waals surface area contributed by atoms with Crippen molar-refractivity contribution in [2.75, 3.05) is 24.5 Å². The Morgan fingerprint density at radius 1 is 1.42 bits per heavy atom. The van der Waals surface area contributed by atoms with Crippen molar-refractivity contribution in [1.29, 1.82) is 0 Å². The number of aromatic hydroxyl groups is 1. The second-order valence-corrected chi connectivity index (χ2v) is 5.28. The molecule has 1 aromatic rings. The summed E-state index contributed by atoms with van der Waals surface area (Å²) in [4.78, 5) is 2.32. The molecule has 2 rings (SSSR count). The van der Waals surface area contributed by atoms with Gasteiger partial charge in [0.2, 0.25) is 0 Å². The fourth-order valence-electron chi connectivity index (χ4n) is 2.64. The van der Waals surface area contributed by atoms with Gasteiger partial charge in [-0.15, -0.1) is 0 Å². The first-order valence-corrected chi connectivity index (χ1v) is 7.08. The van der Waals surface area contributed by atoms with E-state index in [2.05, 4.69) is 43.1 Å². The molecule has 0 saturated heterocycles. The highest BCUT2D eigenvalue weighted by Crippen LogP contribution is 2.30. The van der Waals surface area contributed by atoms with Crippen molar-refractivity contribution in [2.24, 2.45) is 0 Å². The van der Waals surface area contributed by atoms with Gasteiger partial charge in [-0.3, -0.25) is 0 Å². The molecule has 0 radical (unpaired) electrons. The average Bonchev–Trinajstić information content (AvgIpc) is 2.38. The summed E-state index contributed by atoms with van der Waals surface area (Å²) in [5.74, 6) is 0.387. The number of hydrogen-bond donors (Lipinski definition) is 2. The molecular weight excluding hydrogens is 236 g/mol. The zero-order valence-electron chi connectivity index (χ0n) is 12.1. The first-order chi connectivity index (χ1) is 9.11. The Bertz CT molecular complexity index is 468. The lowest BCUT2D eigenvalue weighted by Crippen LogP contribution is -2.29. The van der Waals surface area contributed by atoms with E-state index >= 15 is 0 Å². The van der Waals surface area contributed by atoms with Gasteiger partial charge in [0.25, 0.3) is 0 Å². The summed E-state index contributed by atoms with van der Waals surface area (Å²) in [5, 5.41) is 13.5. The second-order valence-electron chi connectivity index (χ2n) is 5.28. The Morgan fingerprint density at radius 3 is 2.84 bits per heavy atom. The van der Waals surface area contributed by atoms with Crippen LogP contribution in [0, 0.1) is 0 Å². The molecule has 1 aliphatic heterocycles. The highest BCUT2D eigenvalue weighted by molar-refractivity contribution is 5.55. The van der Waals surface area contributed by atoms with E-state index in [1.807, 2.05) is 12.1 Å². The predicted octanol–water partition coefficient (Wildman–Crippen LogP) is 3.22. The number of rotatable bonds is 4. The molecule has 19 heavy (non-hydrogen) atoms. The Morgan fingerprint density at radius 2 is 2.21 bits per heavy atom. The van der Waals surface area contributed by atoms with E-state index in [9.17, 15) is 5.11 Å². The third-order valence-corrected chi connectivity index (χ3v) is 3.69. The van der Waals surface area contributed by atoms with Gasteiger partial charge in [0, 0.05) is 36.4 Å². The third-order valence-electron chi connectivity index (χ3n) is 3.69. The maximum Gasteiger partial charge on any atom is 0.122 e. The van der Waals surface area contributed by atoms with Crippen molar-refractivity contribution in [1.82, 2.24) is 5.32 Å². The Kier molecular flexibility index (Phi) is 4.48. The fraction of sp³-hybridized carbons (Fsp3) is 0.500. The molecule has 0 aliphatic carbocycles. The fourth-order valence-corrected chi connectivity index (χ4v) is 2.64. The van der Waals surface area contributed by atoms with Crippen LogP contribution in [0.1, 0.15) is 38.8 Å². The van der Waals surface area contributed by atoms with Crippen LogP contribution in [0.4, 0.5) is 5.69 Å². The zero-order chi connectivity index (χ0) is 13.8. The molecule has 0 fully saturated rings. The molecule has 1 aliphatic rings. The lowest BCUT2D eigenvalue weighted by molar-refractivity contribution is 0.454. The average molecular weight is 260 g/mol. The SMILES string of the molecule is CCNC(C)c1ccc(N2CCC=C(C)C2)cc1O. The van der Waals surface area contributed by atoms with Gasteiger partial charge in [-0.2, -0.15) is 0 Å². The molecule has 0 saturated carbocycles. The van der Waals surface area contributed by atoms with Crippen LogP contribution in [-0.2, 0) is 0 Å². The summed E-state index contributed by atoms with van der Waals surface area (Å²) >= 11 is 0. The molecule has 2 N–H and O–H groups in total. The van der Waals surface area contributed by atoms with Crippen LogP contribution < -0.4 is 10.2 Å². The molecule has 104 valence electrons. The maximum absolute atomic E-state index is 10.2. The summed E-state index contributed by atoms with van der Waals surface area (Å²) in [7, 11) is 0. The number of hydrogen-bond acceptors (Lipinski definition) is 3. The first-order valence-electron chi connectivity index (χ1n) is 7.08. The molecule has 0 amide bonds. The molecule has 1 unspecified atom stereocenters. The van der Waals surface area contributed by atoms with Crippen LogP contribution in [0.3, 0.4) is 0 Å². The zero-order valence-corrected chi connectivity index (χ0v) is 12.1. The Balaban J connectivity index is 2.17. The lowest BCUT2D eigenvalue weighted by atomic mass is 10.0. The van der Waals surface area contributed by atoms with Crippen LogP contribution in [0.2, 0.25) is 0 Å². The van der Waals surface area contributed by atoms with Crippen molar-refractivity contribution in [3.63, 3.8) is 0 Å². The second kappa shape index (κ2) is 6.11. The van der Waals surface area contributed by atoms with Gasteiger partial charge < -0.3 is 15.3 Å². The van der Waals surface area contributed by atoms with E-state index in [-0.39, 0.29) is 6.04 Å². The lowest BCUT2D eigenvalue weighted by Gasteiger charge is -2.29. The Labute approximate surface area is 115 Å². The summed E-state index contributed by atoms with van der Waals surface area (Å²) in [6.07, 6.45) is 3.38. The topological polar surface area (TPSA) is 35.5 Å². The molecule has 0 aromatic heterocycles. The van der Waals surface area contributed by atoms with Crippen LogP contribution in [0.15, 0.2) is 29.8 Å². The predicted molar refractivity (Wildman–Crippen MR) is 80.8 cm³/mol. The van der Waals surface area contributed by atoms with Gasteiger partial charge >= 0.3 is 0 Å². The van der Waals surface area contributed by atoms with Gasteiger partial charge in [-0.1, -0.05) is 24.6 Å². The summed E-state index contributed by atoms with van der Waals surface area (Å²) in [5.41, 5.74) is 3.48. The van der Waals surface area contributed by atoms with E-state index in [1.165, 1.54) is 5.57 Å². The first kappa shape index (κ1) is 13.9. The molecule has 0 spiro atoms. The molecule has 3 nitrogen and oxygen atoms in total. The minimum Gasteiger partial charge on any atom is -0.508 e. The van der Waals surface area contributed by atoms with Crippen molar-refractivity contribution >= 4 is 5.69 Å². The number of anilines is 1. The highest BCUT2D eigenvalue weighted by atomic mass is 16.3. The quantitative estimate of drug-likeness (QED) is 0.816. The number of phenolic OH excluding ortho intramolecular Hbond substituents is 1. The molecule has 1 heterocycles. The smallest absolute Gasteiger partial charge is 0.122 e. The van der Waals surface area contributed by atoms with E-state index < -0.39 is 0 Å². The normalized spacial score (nSPS) is 17.2. The van der Waals surface area contributed by atoms with Crippen molar-refractivity contribution in [3.8, 4) is 5.75 Å². The van der Waals surface area contributed by atoms with Crippen molar-refractivity contribution in [3.05, 3.63) is 35.4 Å². The van der Waals surface area contributed by atoms with Gasteiger partial charge in [0.05, 0.1) is 0 Å². The van der Waals surface area contributed by atoms with Crippen molar-refractivity contribution in [2.45, 2.75) is 33.2 Å². The summed E-state index contributed by atoms with van der Waals surface area (Å²) < 4.78 is 0. The summed E-state index contributed by atoms with van der Waals surface area (Å²) in [6.45, 7) is 9.20. The van der Waals surface area contributed by atoms with E-state index in [0.29, 0.717) is 5.75 Å². The molecular formula is C16H24N2O.